The number of aromatic nitrogens is 3. The number of amides is 2. The molecule has 2 aromatic carbocycles. The molecule has 2 N–H and O–H groups in total. The van der Waals surface area contributed by atoms with Gasteiger partial charge in [-0.3, -0.25) is 14.9 Å². The number of aliphatic hydroxyl groups is 1. The van der Waals surface area contributed by atoms with Gasteiger partial charge in [0.2, 0.25) is 0 Å². The average molecular weight is 667 g/mol. The summed E-state index contributed by atoms with van der Waals surface area (Å²) in [6.45, 7) is 4.03. The van der Waals surface area contributed by atoms with Crippen LogP contribution in [0.1, 0.15) is 83.9 Å². The highest BCUT2D eigenvalue weighted by Crippen LogP contribution is 2.73. The zero-order chi connectivity index (χ0) is 32.6. The lowest BCUT2D eigenvalue weighted by Crippen LogP contribution is -2.68. The van der Waals surface area contributed by atoms with Crippen molar-refractivity contribution in [2.24, 2.45) is 5.41 Å². The van der Waals surface area contributed by atoms with Crippen LogP contribution in [0.2, 0.25) is 0 Å². The van der Waals surface area contributed by atoms with E-state index >= 15 is 4.39 Å². The second kappa shape index (κ2) is 11.3. The van der Waals surface area contributed by atoms with Crippen molar-refractivity contribution in [2.45, 2.75) is 82.0 Å². The lowest BCUT2D eigenvalue weighted by molar-refractivity contribution is -0.155. The fraction of sp³-hybridized carbons (Fsp3) is 0.459. The molecule has 4 aromatic rings. The molecular weight excluding hydrogens is 628 g/mol. The predicted octanol–water partition coefficient (Wildman–Crippen LogP) is 5.70. The van der Waals surface area contributed by atoms with Crippen molar-refractivity contribution < 1.29 is 19.1 Å². The molecule has 2 atom stereocenters. The molecule has 3 saturated carbocycles. The maximum Gasteiger partial charge on any atom is 0.255 e. The van der Waals surface area contributed by atoms with Gasteiger partial charge < -0.3 is 19.5 Å². The van der Waals surface area contributed by atoms with Gasteiger partial charge in [-0.1, -0.05) is 24.3 Å². The van der Waals surface area contributed by atoms with Crippen LogP contribution in [0, 0.1) is 11.2 Å². The maximum atomic E-state index is 15.8. The van der Waals surface area contributed by atoms with Gasteiger partial charge in [0.15, 0.2) is 11.2 Å². The maximum absolute atomic E-state index is 15.8. The summed E-state index contributed by atoms with van der Waals surface area (Å²) in [6, 6.07) is 10.7. The van der Waals surface area contributed by atoms with E-state index < -0.39 is 17.8 Å². The number of rotatable bonds is 8. The Balaban J connectivity index is 0.932. The molecule has 1 saturated heterocycles. The SMILES string of the molecule is O=C(Nc1nccs1)C(c1ncn2c1CCC2)N1Cc2c(F)cc(-c3ccc(C45CC(CN6CCCC(O)CC6)(C4)C5)cc3)cc2C1=O. The molecule has 2 bridgehead atoms. The molecule has 2 amide bonds. The third-order valence-corrected chi connectivity index (χ3v) is 12.3. The molecule has 3 aliphatic heterocycles. The first kappa shape index (κ1) is 30.2. The van der Waals surface area contributed by atoms with Crippen molar-refractivity contribution in [3.63, 3.8) is 0 Å². The molecule has 5 heterocycles. The van der Waals surface area contributed by atoms with Gasteiger partial charge in [0, 0.05) is 48.0 Å². The molecule has 9 nitrogen and oxygen atoms in total. The van der Waals surface area contributed by atoms with Crippen molar-refractivity contribution in [3.8, 4) is 11.1 Å². The zero-order valence-corrected chi connectivity index (χ0v) is 27.6. The van der Waals surface area contributed by atoms with Crippen LogP contribution in [-0.4, -0.2) is 67.0 Å². The van der Waals surface area contributed by atoms with E-state index in [1.54, 1.807) is 24.0 Å². The minimum Gasteiger partial charge on any atom is -0.393 e. The van der Waals surface area contributed by atoms with Crippen molar-refractivity contribution in [1.29, 1.82) is 0 Å². The second-order valence-electron chi connectivity index (χ2n) is 14.8. The standard InChI is InChI=1S/C37H39FN6O3S/c38-29-16-24(23-5-7-25(8-6-23)37-18-36(19-37,20-37)21-42-11-1-3-26(45)9-13-42)15-27-28(29)17-44(34(27)47)32(33(46)41-35-39-10-14-48-35)31-30-4-2-12-43(30)22-40-31/h5-8,10,14-16,22,26,32,45H,1-4,9,11-13,17-21H2,(H,39,41,46). The van der Waals surface area contributed by atoms with Gasteiger partial charge in [-0.15, -0.1) is 11.3 Å². The highest BCUT2D eigenvalue weighted by Gasteiger charge is 2.68. The first-order valence-corrected chi connectivity index (χ1v) is 18.1. The smallest absolute Gasteiger partial charge is 0.255 e. The number of aliphatic hydroxyl groups excluding tert-OH is 1. The van der Waals surface area contributed by atoms with E-state index in [4.69, 9.17) is 0 Å². The number of hydrogen-bond acceptors (Lipinski definition) is 7. The summed E-state index contributed by atoms with van der Waals surface area (Å²) in [4.78, 5) is 40.6. The summed E-state index contributed by atoms with van der Waals surface area (Å²) in [5, 5.41) is 15.1. The molecule has 48 heavy (non-hydrogen) atoms. The molecule has 248 valence electrons. The molecule has 0 radical (unpaired) electrons. The fourth-order valence-corrected chi connectivity index (χ4v) is 9.96. The monoisotopic (exact) mass is 666 g/mol. The van der Waals surface area contributed by atoms with Crippen LogP contribution in [0.3, 0.4) is 0 Å². The van der Waals surface area contributed by atoms with E-state index in [9.17, 15) is 14.7 Å². The number of anilines is 1. The molecule has 10 rings (SSSR count). The Morgan fingerprint density at radius 1 is 1.06 bits per heavy atom. The summed E-state index contributed by atoms with van der Waals surface area (Å²) in [5.74, 6) is -1.23. The number of carbonyl (C=O) groups is 2. The lowest BCUT2D eigenvalue weighted by Gasteiger charge is -2.72. The molecule has 11 heteroatoms. The fourth-order valence-electron chi connectivity index (χ4n) is 9.42. The summed E-state index contributed by atoms with van der Waals surface area (Å²) < 4.78 is 17.8. The van der Waals surface area contributed by atoms with Gasteiger partial charge in [0.05, 0.1) is 24.7 Å². The van der Waals surface area contributed by atoms with E-state index in [0.29, 0.717) is 32.9 Å². The van der Waals surface area contributed by atoms with Crippen molar-refractivity contribution in [3.05, 3.63) is 88.2 Å². The number of thiazole rings is 1. The van der Waals surface area contributed by atoms with Gasteiger partial charge in [0.25, 0.3) is 11.8 Å². The van der Waals surface area contributed by atoms with E-state index in [2.05, 4.69) is 44.5 Å². The summed E-state index contributed by atoms with van der Waals surface area (Å²) in [7, 11) is 0. The number of likely N-dealkylation sites (tertiary alicyclic amines) is 1. The highest BCUT2D eigenvalue weighted by molar-refractivity contribution is 7.13. The predicted molar refractivity (Wildman–Crippen MR) is 180 cm³/mol. The normalized spacial score (nSPS) is 26.8. The van der Waals surface area contributed by atoms with E-state index in [1.807, 2.05) is 4.57 Å². The van der Waals surface area contributed by atoms with Gasteiger partial charge >= 0.3 is 0 Å². The molecule has 2 aromatic heterocycles. The second-order valence-corrected chi connectivity index (χ2v) is 15.7. The lowest BCUT2D eigenvalue weighted by atomic mass is 9.33. The van der Waals surface area contributed by atoms with Crippen LogP contribution >= 0.6 is 11.3 Å². The summed E-state index contributed by atoms with van der Waals surface area (Å²) in [6.07, 6.45) is 11.4. The van der Waals surface area contributed by atoms with E-state index in [-0.39, 0.29) is 24.0 Å². The van der Waals surface area contributed by atoms with Crippen molar-refractivity contribution in [2.75, 3.05) is 25.0 Å². The number of carbonyl (C=O) groups excluding carboxylic acids is 2. The molecule has 3 aliphatic carbocycles. The Kier molecular flexibility index (Phi) is 7.11. The van der Waals surface area contributed by atoms with Crippen molar-refractivity contribution in [1.82, 2.24) is 24.3 Å². The number of halogens is 1. The number of fused-ring (bicyclic) bond motifs is 2. The molecule has 6 aliphatic rings. The Hall–Kier alpha value is -3.93. The number of benzene rings is 2. The number of imidazole rings is 1. The Bertz CT molecular complexity index is 1890. The van der Waals surface area contributed by atoms with Crippen LogP contribution in [0.25, 0.3) is 11.1 Å². The molecule has 2 unspecified atom stereocenters. The van der Waals surface area contributed by atoms with Crippen molar-refractivity contribution >= 4 is 28.3 Å². The van der Waals surface area contributed by atoms with Crippen LogP contribution < -0.4 is 5.32 Å². The van der Waals surface area contributed by atoms with Gasteiger partial charge in [-0.25, -0.2) is 14.4 Å². The first-order valence-electron chi connectivity index (χ1n) is 17.2. The number of hydrogen-bond donors (Lipinski definition) is 2. The molecule has 0 spiro atoms. The van der Waals surface area contributed by atoms with Gasteiger partial charge in [0.1, 0.15) is 5.82 Å². The molecular formula is C37H39FN6O3S. The number of nitrogens with zero attached hydrogens (tertiary/aromatic N) is 5. The number of nitrogens with one attached hydrogen (secondary N) is 1. The highest BCUT2D eigenvalue weighted by atomic mass is 32.1. The largest absolute Gasteiger partial charge is 0.393 e. The molecule has 4 fully saturated rings. The van der Waals surface area contributed by atoms with Crippen LogP contribution in [-0.2, 0) is 29.7 Å². The van der Waals surface area contributed by atoms with Crippen LogP contribution in [0.4, 0.5) is 9.52 Å². The number of aryl methyl sites for hydroxylation is 1. The first-order chi connectivity index (χ1) is 23.3. The summed E-state index contributed by atoms with van der Waals surface area (Å²) in [5.41, 5.74) is 5.58. The minimum absolute atomic E-state index is 0.0102. The third-order valence-electron chi connectivity index (χ3n) is 11.6. The van der Waals surface area contributed by atoms with E-state index in [0.717, 1.165) is 69.5 Å². The van der Waals surface area contributed by atoms with Crippen LogP contribution in [0.15, 0.2) is 54.3 Å². The average Bonchev–Trinajstić information content (AvgIpc) is 3.83. The summed E-state index contributed by atoms with van der Waals surface area (Å²) >= 11 is 1.30. The minimum atomic E-state index is -1.01. The zero-order valence-electron chi connectivity index (χ0n) is 26.8. The van der Waals surface area contributed by atoms with Crippen LogP contribution in [0.5, 0.6) is 0 Å². The Morgan fingerprint density at radius 3 is 2.69 bits per heavy atom. The topological polar surface area (TPSA) is 104 Å². The van der Waals surface area contributed by atoms with Gasteiger partial charge in [-0.05, 0) is 97.6 Å². The van der Waals surface area contributed by atoms with E-state index in [1.165, 1.54) is 47.1 Å². The Morgan fingerprint density at radius 2 is 1.90 bits per heavy atom. The van der Waals surface area contributed by atoms with Gasteiger partial charge in [-0.2, -0.15) is 0 Å². The quantitative estimate of drug-likeness (QED) is 0.250. The third kappa shape index (κ3) is 4.92. The Labute approximate surface area is 282 Å².